The van der Waals surface area contributed by atoms with Gasteiger partial charge < -0.3 is 14.3 Å². The number of fused-ring (bicyclic) bond motifs is 2. The van der Waals surface area contributed by atoms with Crippen LogP contribution in [0.5, 0.6) is 5.75 Å². The molecule has 1 N–H and O–H groups in total. The summed E-state index contributed by atoms with van der Waals surface area (Å²) in [5.74, 6) is -0.414. The van der Waals surface area contributed by atoms with Crippen LogP contribution in [0.4, 0.5) is 0 Å². The lowest BCUT2D eigenvalue weighted by atomic mass is 9.90. The standard InChI is InChI=1S/C21H18O5/c22-17-7-8-18-16(10-20(23)26-19(18)11-17)12-25-21(24)15-6-5-13-3-1-2-4-14(13)9-15/h5-11,22H,1-4,12H2. The van der Waals surface area contributed by atoms with Crippen molar-refractivity contribution in [3.05, 3.63) is 75.1 Å². The van der Waals surface area contributed by atoms with E-state index in [4.69, 9.17) is 9.15 Å². The SMILES string of the molecule is O=C(OCc1cc(=O)oc2cc(O)ccc12)c1ccc2c(c1)CCCC2. The Balaban J connectivity index is 1.56. The molecule has 1 aromatic heterocycles. The number of ether oxygens (including phenoxy) is 1. The van der Waals surface area contributed by atoms with E-state index in [0.29, 0.717) is 16.5 Å². The fourth-order valence-corrected chi connectivity index (χ4v) is 3.43. The molecule has 1 heterocycles. The Labute approximate surface area is 149 Å². The Hall–Kier alpha value is -3.08. The van der Waals surface area contributed by atoms with E-state index in [-0.39, 0.29) is 17.9 Å². The maximum absolute atomic E-state index is 12.4. The first-order chi connectivity index (χ1) is 12.6. The lowest BCUT2D eigenvalue weighted by Gasteiger charge is -2.16. The zero-order valence-corrected chi connectivity index (χ0v) is 14.2. The number of aryl methyl sites for hydroxylation is 2. The van der Waals surface area contributed by atoms with E-state index in [1.807, 2.05) is 12.1 Å². The fraction of sp³-hybridized carbons (Fsp3) is 0.238. The number of aromatic hydroxyl groups is 1. The second-order valence-electron chi connectivity index (χ2n) is 6.54. The molecule has 5 nitrogen and oxygen atoms in total. The highest BCUT2D eigenvalue weighted by Crippen LogP contribution is 2.24. The van der Waals surface area contributed by atoms with E-state index in [1.165, 1.54) is 35.7 Å². The van der Waals surface area contributed by atoms with Crippen molar-refractivity contribution in [3.8, 4) is 5.75 Å². The highest BCUT2D eigenvalue weighted by molar-refractivity contribution is 5.90. The van der Waals surface area contributed by atoms with Gasteiger partial charge in [-0.25, -0.2) is 9.59 Å². The summed E-state index contributed by atoms with van der Waals surface area (Å²) in [7, 11) is 0. The third kappa shape index (κ3) is 3.20. The van der Waals surface area contributed by atoms with Gasteiger partial charge in [0.15, 0.2) is 0 Å². The molecule has 2 aromatic carbocycles. The molecule has 5 heteroatoms. The summed E-state index contributed by atoms with van der Waals surface area (Å²) < 4.78 is 10.5. The number of phenols is 1. The van der Waals surface area contributed by atoms with E-state index in [0.717, 1.165) is 19.3 Å². The summed E-state index contributed by atoms with van der Waals surface area (Å²) in [6, 6.07) is 11.5. The van der Waals surface area contributed by atoms with Crippen LogP contribution < -0.4 is 5.63 Å². The van der Waals surface area contributed by atoms with Crippen molar-refractivity contribution in [1.82, 2.24) is 0 Å². The monoisotopic (exact) mass is 350 g/mol. The van der Waals surface area contributed by atoms with Crippen LogP contribution in [-0.2, 0) is 24.2 Å². The summed E-state index contributed by atoms with van der Waals surface area (Å²) in [6.45, 7) is -0.0389. The Morgan fingerprint density at radius 2 is 1.85 bits per heavy atom. The molecule has 0 amide bonds. The molecule has 26 heavy (non-hydrogen) atoms. The average molecular weight is 350 g/mol. The second-order valence-corrected chi connectivity index (χ2v) is 6.54. The predicted molar refractivity (Wildman–Crippen MR) is 96.4 cm³/mol. The number of hydrogen-bond acceptors (Lipinski definition) is 5. The van der Waals surface area contributed by atoms with Crippen molar-refractivity contribution in [2.24, 2.45) is 0 Å². The average Bonchev–Trinajstić information content (AvgIpc) is 2.65. The topological polar surface area (TPSA) is 76.7 Å². The molecule has 3 aromatic rings. The minimum Gasteiger partial charge on any atom is -0.508 e. The molecule has 1 aliphatic rings. The van der Waals surface area contributed by atoms with Gasteiger partial charge in [0.05, 0.1) is 5.56 Å². The van der Waals surface area contributed by atoms with E-state index in [1.54, 1.807) is 12.1 Å². The maximum atomic E-state index is 12.4. The predicted octanol–water partition coefficient (Wildman–Crippen LogP) is 3.73. The molecule has 0 saturated heterocycles. The molecule has 0 spiro atoms. The quantitative estimate of drug-likeness (QED) is 0.575. The van der Waals surface area contributed by atoms with Crippen molar-refractivity contribution >= 4 is 16.9 Å². The van der Waals surface area contributed by atoms with Crippen LogP contribution in [0.15, 0.2) is 51.7 Å². The number of benzene rings is 2. The van der Waals surface area contributed by atoms with Crippen molar-refractivity contribution in [3.63, 3.8) is 0 Å². The van der Waals surface area contributed by atoms with Gasteiger partial charge in [0.1, 0.15) is 17.9 Å². The zero-order valence-electron chi connectivity index (χ0n) is 14.2. The molecule has 0 radical (unpaired) electrons. The number of esters is 1. The molecule has 4 rings (SSSR count). The van der Waals surface area contributed by atoms with Gasteiger partial charge in [0.25, 0.3) is 0 Å². The van der Waals surface area contributed by atoms with Gasteiger partial charge in [-0.05, 0) is 61.1 Å². The van der Waals surface area contributed by atoms with Gasteiger partial charge in [-0.3, -0.25) is 0 Å². The molecule has 132 valence electrons. The number of hydrogen-bond donors (Lipinski definition) is 1. The van der Waals surface area contributed by atoms with Crippen molar-refractivity contribution in [1.29, 1.82) is 0 Å². The summed E-state index contributed by atoms with van der Waals surface area (Å²) in [6.07, 6.45) is 4.38. The summed E-state index contributed by atoms with van der Waals surface area (Å²) in [5.41, 5.74) is 3.30. The van der Waals surface area contributed by atoms with Crippen LogP contribution in [-0.4, -0.2) is 11.1 Å². The molecule has 0 bridgehead atoms. The summed E-state index contributed by atoms with van der Waals surface area (Å²) in [4.78, 5) is 24.1. The number of rotatable bonds is 3. The smallest absolute Gasteiger partial charge is 0.338 e. The van der Waals surface area contributed by atoms with Crippen LogP contribution in [0.1, 0.15) is 39.9 Å². The van der Waals surface area contributed by atoms with E-state index in [2.05, 4.69) is 0 Å². The van der Waals surface area contributed by atoms with E-state index < -0.39 is 11.6 Å². The Morgan fingerprint density at radius 1 is 1.04 bits per heavy atom. The van der Waals surface area contributed by atoms with Crippen molar-refractivity contribution < 1.29 is 19.1 Å². The molecule has 0 atom stereocenters. The third-order valence-electron chi connectivity index (χ3n) is 4.76. The minimum absolute atomic E-state index is 0.00357. The van der Waals surface area contributed by atoms with Gasteiger partial charge in [-0.15, -0.1) is 0 Å². The molecule has 0 saturated carbocycles. The van der Waals surface area contributed by atoms with Crippen LogP contribution in [0, 0.1) is 0 Å². The molecule has 0 unspecified atom stereocenters. The molecular formula is C21H18O5. The van der Waals surface area contributed by atoms with Crippen LogP contribution >= 0.6 is 0 Å². The Bertz CT molecular complexity index is 1050. The van der Waals surface area contributed by atoms with Crippen LogP contribution in [0.25, 0.3) is 11.0 Å². The first-order valence-corrected chi connectivity index (χ1v) is 8.65. The number of phenolic OH excluding ortho intramolecular Hbond substituents is 1. The normalized spacial score (nSPS) is 13.4. The van der Waals surface area contributed by atoms with Crippen LogP contribution in [0.3, 0.4) is 0 Å². The zero-order chi connectivity index (χ0) is 18.1. The van der Waals surface area contributed by atoms with E-state index in [9.17, 15) is 14.7 Å². The molecule has 0 fully saturated rings. The lowest BCUT2D eigenvalue weighted by molar-refractivity contribution is 0.0473. The third-order valence-corrected chi connectivity index (χ3v) is 4.76. The second kappa shape index (κ2) is 6.67. The largest absolute Gasteiger partial charge is 0.508 e. The molecule has 1 aliphatic carbocycles. The van der Waals surface area contributed by atoms with Crippen molar-refractivity contribution in [2.75, 3.05) is 0 Å². The van der Waals surface area contributed by atoms with Gasteiger partial charge in [-0.2, -0.15) is 0 Å². The lowest BCUT2D eigenvalue weighted by Crippen LogP contribution is -2.10. The van der Waals surface area contributed by atoms with Crippen LogP contribution in [0.2, 0.25) is 0 Å². The highest BCUT2D eigenvalue weighted by Gasteiger charge is 2.15. The first-order valence-electron chi connectivity index (χ1n) is 8.65. The van der Waals surface area contributed by atoms with Gasteiger partial charge >= 0.3 is 11.6 Å². The minimum atomic E-state index is -0.553. The summed E-state index contributed by atoms with van der Waals surface area (Å²) in [5, 5.41) is 10.2. The van der Waals surface area contributed by atoms with Gasteiger partial charge in [-0.1, -0.05) is 6.07 Å². The Kier molecular flexibility index (Phi) is 4.21. The molecular weight excluding hydrogens is 332 g/mol. The maximum Gasteiger partial charge on any atom is 0.338 e. The number of carbonyl (C=O) groups excluding carboxylic acids is 1. The van der Waals surface area contributed by atoms with Crippen molar-refractivity contribution in [2.45, 2.75) is 32.3 Å². The Morgan fingerprint density at radius 3 is 2.69 bits per heavy atom. The fourth-order valence-electron chi connectivity index (χ4n) is 3.43. The first kappa shape index (κ1) is 16.4. The number of carbonyl (C=O) groups is 1. The van der Waals surface area contributed by atoms with Gasteiger partial charge in [0, 0.05) is 23.1 Å². The highest BCUT2D eigenvalue weighted by atomic mass is 16.5. The summed E-state index contributed by atoms with van der Waals surface area (Å²) >= 11 is 0. The van der Waals surface area contributed by atoms with E-state index >= 15 is 0 Å². The van der Waals surface area contributed by atoms with Gasteiger partial charge in [0.2, 0.25) is 0 Å². The molecule has 0 aliphatic heterocycles.